The van der Waals surface area contributed by atoms with E-state index in [2.05, 4.69) is 114 Å². The van der Waals surface area contributed by atoms with Crippen LogP contribution in [0.5, 0.6) is 0 Å². The number of anilines is 2. The Kier molecular flexibility index (Phi) is 6.96. The number of para-hydroxylation sites is 2. The van der Waals surface area contributed by atoms with Gasteiger partial charge in [-0.2, -0.15) is 12.5 Å². The van der Waals surface area contributed by atoms with Gasteiger partial charge in [0.25, 0.3) is 0 Å². The van der Waals surface area contributed by atoms with Gasteiger partial charge < -0.3 is 9.62 Å². The van der Waals surface area contributed by atoms with Gasteiger partial charge in [-0.05, 0) is 45.9 Å². The molecule has 0 bridgehead atoms. The third-order valence-corrected chi connectivity index (χ3v) is 6.58. The molecule has 0 amide bonds. The molecule has 30 heavy (non-hydrogen) atoms. The quantitative estimate of drug-likeness (QED) is 0.375. The Morgan fingerprint density at radius 2 is 0.833 bits per heavy atom. The van der Waals surface area contributed by atoms with Crippen LogP contribution in [0.15, 0.2) is 48.8 Å². The highest BCUT2D eigenvalue weighted by Gasteiger charge is 2.36. The van der Waals surface area contributed by atoms with Gasteiger partial charge in [0.05, 0.1) is 0 Å². The van der Waals surface area contributed by atoms with Crippen molar-refractivity contribution < 1.29 is 0 Å². The Morgan fingerprint density at radius 1 is 0.567 bits per heavy atom. The zero-order valence-electron chi connectivity index (χ0n) is 19.8. The van der Waals surface area contributed by atoms with E-state index in [4.69, 9.17) is 12.5 Å². The summed E-state index contributed by atoms with van der Waals surface area (Å²) in [7, 11) is 0. The first-order valence-electron chi connectivity index (χ1n) is 11.3. The monoisotopic (exact) mass is 420 g/mol. The number of nitrogens with zero attached hydrogens (tertiary/aromatic N) is 2. The largest absolute Gasteiger partial charge is 0.452 e. The molecule has 160 valence electrons. The van der Waals surface area contributed by atoms with E-state index in [-0.39, 0.29) is 6.26 Å². The minimum Gasteiger partial charge on any atom is -0.361 e. The van der Waals surface area contributed by atoms with E-state index in [0.717, 1.165) is 0 Å². The van der Waals surface area contributed by atoms with Gasteiger partial charge in [0.1, 0.15) is 0 Å². The second kappa shape index (κ2) is 9.14. The molecule has 0 saturated carbocycles. The van der Waals surface area contributed by atoms with Gasteiger partial charge in [0.15, 0.2) is 0 Å². The lowest BCUT2D eigenvalue weighted by Crippen LogP contribution is -2.41. The van der Waals surface area contributed by atoms with Gasteiger partial charge in [-0.15, -0.1) is 0 Å². The Morgan fingerprint density at radius 3 is 1.07 bits per heavy atom. The van der Waals surface area contributed by atoms with Gasteiger partial charge in [-0.3, -0.25) is 0 Å². The van der Waals surface area contributed by atoms with Crippen molar-refractivity contribution >= 4 is 30.1 Å². The van der Waals surface area contributed by atoms with E-state index in [0.29, 0.717) is 23.7 Å². The molecule has 0 unspecified atom stereocenters. The number of benzene rings is 2. The minimum absolute atomic E-state index is 0.0696. The summed E-state index contributed by atoms with van der Waals surface area (Å²) in [6, 6.07) is 13.5. The normalized spacial score (nSPS) is 14.4. The molecule has 0 aromatic heterocycles. The van der Waals surface area contributed by atoms with Crippen LogP contribution >= 0.6 is 12.5 Å². The topological polar surface area (TPSA) is 6.48 Å². The standard InChI is InChI=1S/C26H37BN2S/c1-17(2)21-11-9-12-22(18(3)4)25(21)28-15-16-29(27(28)30)26-23(19(5)6)13-10-14-24(26)20(7)8/h9-20,30H,1-8H3. The Labute approximate surface area is 189 Å². The third kappa shape index (κ3) is 4.16. The fourth-order valence-corrected chi connectivity index (χ4v) is 4.82. The average Bonchev–Trinajstić information content (AvgIpc) is 3.07. The smallest absolute Gasteiger partial charge is 0.361 e. The molecule has 4 heteroatoms. The van der Waals surface area contributed by atoms with Crippen LogP contribution in [0.4, 0.5) is 11.4 Å². The number of rotatable bonds is 6. The van der Waals surface area contributed by atoms with E-state index in [1.54, 1.807) is 0 Å². The van der Waals surface area contributed by atoms with E-state index < -0.39 is 0 Å². The van der Waals surface area contributed by atoms with Crippen molar-refractivity contribution in [3.8, 4) is 0 Å². The van der Waals surface area contributed by atoms with Crippen molar-refractivity contribution in [2.24, 2.45) is 0 Å². The zero-order valence-corrected chi connectivity index (χ0v) is 20.7. The van der Waals surface area contributed by atoms with Gasteiger partial charge in [-0.25, -0.2) is 0 Å². The summed E-state index contributed by atoms with van der Waals surface area (Å²) in [6.07, 6.45) is 4.36. The SMILES string of the molecule is CC(C)c1cccc(C(C)C)c1N1C=CN(c2c(C(C)C)cccc2C(C)C)B1S. The maximum absolute atomic E-state index is 5.16. The molecule has 0 aliphatic carbocycles. The molecule has 0 fully saturated rings. The molecular weight excluding hydrogens is 383 g/mol. The first-order chi connectivity index (χ1) is 14.1. The summed E-state index contributed by atoms with van der Waals surface area (Å²) in [5, 5.41) is 0. The molecule has 1 aliphatic rings. The number of thiol groups is 1. The van der Waals surface area contributed by atoms with Crippen molar-refractivity contribution in [1.82, 2.24) is 0 Å². The van der Waals surface area contributed by atoms with Crippen molar-refractivity contribution in [3.05, 3.63) is 71.1 Å². The van der Waals surface area contributed by atoms with Crippen LogP contribution in [0.3, 0.4) is 0 Å². The molecule has 0 atom stereocenters. The Hall–Kier alpha value is -1.81. The van der Waals surface area contributed by atoms with E-state index in [1.165, 1.54) is 33.6 Å². The van der Waals surface area contributed by atoms with Crippen LogP contribution < -0.4 is 9.62 Å². The van der Waals surface area contributed by atoms with Crippen molar-refractivity contribution in [1.29, 1.82) is 0 Å². The lowest BCUT2D eigenvalue weighted by atomic mass is 9.87. The summed E-state index contributed by atoms with van der Waals surface area (Å²) in [5.74, 6) is 1.82. The van der Waals surface area contributed by atoms with Crippen molar-refractivity contribution in [3.63, 3.8) is 0 Å². The lowest BCUT2D eigenvalue weighted by molar-refractivity contribution is 0.832. The van der Waals surface area contributed by atoms with Crippen LogP contribution in [0.1, 0.15) is 101 Å². The maximum atomic E-state index is 5.16. The van der Waals surface area contributed by atoms with Crippen LogP contribution in [-0.2, 0) is 0 Å². The molecule has 2 aromatic carbocycles. The first kappa shape index (κ1) is 22.9. The molecule has 2 aromatic rings. The summed E-state index contributed by atoms with van der Waals surface area (Å²) >= 11 is 5.16. The summed E-state index contributed by atoms with van der Waals surface area (Å²) in [6.45, 7) is 18.2. The molecule has 1 heterocycles. The van der Waals surface area contributed by atoms with Gasteiger partial charge in [0, 0.05) is 23.8 Å². The molecule has 0 saturated heterocycles. The first-order valence-corrected chi connectivity index (χ1v) is 11.8. The second-order valence-electron chi connectivity index (χ2n) is 9.65. The van der Waals surface area contributed by atoms with Crippen LogP contribution in [0.25, 0.3) is 0 Å². The third-order valence-electron chi connectivity index (χ3n) is 6.09. The second-order valence-corrected chi connectivity index (χ2v) is 10.1. The zero-order chi connectivity index (χ0) is 22.2. The van der Waals surface area contributed by atoms with Gasteiger partial charge >= 0.3 is 6.26 Å². The summed E-state index contributed by atoms with van der Waals surface area (Å²) in [5.41, 5.74) is 8.16. The van der Waals surface area contributed by atoms with Crippen LogP contribution in [-0.4, -0.2) is 6.26 Å². The number of hydrogen-bond acceptors (Lipinski definition) is 3. The molecular formula is C26H37BN2S. The van der Waals surface area contributed by atoms with E-state index >= 15 is 0 Å². The van der Waals surface area contributed by atoms with Crippen LogP contribution in [0.2, 0.25) is 0 Å². The van der Waals surface area contributed by atoms with E-state index in [9.17, 15) is 0 Å². The highest BCUT2D eigenvalue weighted by atomic mass is 32.1. The van der Waals surface area contributed by atoms with Gasteiger partial charge in [0.2, 0.25) is 0 Å². The van der Waals surface area contributed by atoms with Crippen LogP contribution in [0, 0.1) is 0 Å². The van der Waals surface area contributed by atoms with Crippen molar-refractivity contribution in [2.75, 3.05) is 9.62 Å². The minimum atomic E-state index is -0.0696. The fourth-order valence-electron chi connectivity index (χ4n) is 4.43. The molecule has 3 rings (SSSR count). The Balaban J connectivity index is 2.12. The molecule has 0 N–H and O–H groups in total. The van der Waals surface area contributed by atoms with Gasteiger partial charge in [-0.1, -0.05) is 91.8 Å². The predicted octanol–water partition coefficient (Wildman–Crippen LogP) is 7.89. The highest BCUT2D eigenvalue weighted by Crippen LogP contribution is 2.42. The highest BCUT2D eigenvalue weighted by molar-refractivity contribution is 8.11. The van der Waals surface area contributed by atoms with Crippen molar-refractivity contribution in [2.45, 2.75) is 79.1 Å². The molecule has 0 spiro atoms. The average molecular weight is 420 g/mol. The number of hydrogen-bond donors (Lipinski definition) is 1. The van der Waals surface area contributed by atoms with E-state index in [1.807, 2.05) is 0 Å². The lowest BCUT2D eigenvalue weighted by Gasteiger charge is -2.33. The fraction of sp³-hybridized carbons (Fsp3) is 0.462. The maximum Gasteiger partial charge on any atom is 0.452 e. The molecule has 0 radical (unpaired) electrons. The summed E-state index contributed by atoms with van der Waals surface area (Å²) < 4.78 is 0. The molecule has 2 nitrogen and oxygen atoms in total. The molecule has 1 aliphatic heterocycles. The predicted molar refractivity (Wildman–Crippen MR) is 138 cm³/mol. The Bertz CT molecular complexity index is 791. The summed E-state index contributed by atoms with van der Waals surface area (Å²) in [4.78, 5) is 4.71.